The molecule has 1 aromatic carbocycles. The molecule has 4 rings (SSSR count). The van der Waals surface area contributed by atoms with Gasteiger partial charge in [-0.3, -0.25) is 14.5 Å². The Hall–Kier alpha value is -1.96. The van der Waals surface area contributed by atoms with Gasteiger partial charge in [0, 0.05) is 45.0 Å². The van der Waals surface area contributed by atoms with Gasteiger partial charge in [0.15, 0.2) is 0 Å². The first-order chi connectivity index (χ1) is 12.7. The van der Waals surface area contributed by atoms with Crippen LogP contribution in [0.1, 0.15) is 6.42 Å². The molecule has 0 radical (unpaired) electrons. The lowest BCUT2D eigenvalue weighted by Gasteiger charge is -2.39. The van der Waals surface area contributed by atoms with E-state index >= 15 is 0 Å². The number of carbonyl (C=O) groups excluding carboxylic acids is 2. The van der Waals surface area contributed by atoms with Crippen molar-refractivity contribution < 1.29 is 14.3 Å². The molecule has 7 nitrogen and oxygen atoms in total. The second-order valence-electron chi connectivity index (χ2n) is 7.07. The molecule has 7 heteroatoms. The fraction of sp³-hybridized carbons (Fsp3) is 0.579. The quantitative estimate of drug-likeness (QED) is 0.819. The van der Waals surface area contributed by atoms with Crippen molar-refractivity contribution in [3.8, 4) is 0 Å². The number of para-hydroxylation sites is 1. The number of morpholine rings is 1. The Balaban J connectivity index is 1.32. The van der Waals surface area contributed by atoms with Gasteiger partial charge in [-0.05, 0) is 18.6 Å². The van der Waals surface area contributed by atoms with Crippen LogP contribution < -0.4 is 10.2 Å². The van der Waals surface area contributed by atoms with Crippen LogP contribution in [-0.2, 0) is 14.3 Å². The van der Waals surface area contributed by atoms with Crippen molar-refractivity contribution in [3.05, 3.63) is 30.3 Å². The van der Waals surface area contributed by atoms with E-state index in [4.69, 9.17) is 4.74 Å². The Morgan fingerprint density at radius 2 is 1.85 bits per heavy atom. The molecule has 0 bridgehead atoms. The Morgan fingerprint density at radius 1 is 1.08 bits per heavy atom. The van der Waals surface area contributed by atoms with E-state index in [0.717, 1.165) is 38.3 Å². The Morgan fingerprint density at radius 3 is 2.54 bits per heavy atom. The summed E-state index contributed by atoms with van der Waals surface area (Å²) in [7, 11) is 0. The summed E-state index contributed by atoms with van der Waals surface area (Å²) in [5.41, 5.74) is 0.970. The SMILES string of the molecule is O=C(C1COCCN1)N1CCN(C2CCN(c3ccccc3)C2=O)CC1. The zero-order valence-corrected chi connectivity index (χ0v) is 15.0. The number of anilines is 1. The summed E-state index contributed by atoms with van der Waals surface area (Å²) in [4.78, 5) is 31.4. The van der Waals surface area contributed by atoms with Gasteiger partial charge < -0.3 is 19.9 Å². The van der Waals surface area contributed by atoms with E-state index in [1.165, 1.54) is 0 Å². The van der Waals surface area contributed by atoms with Crippen LogP contribution >= 0.6 is 0 Å². The van der Waals surface area contributed by atoms with Gasteiger partial charge >= 0.3 is 0 Å². The minimum Gasteiger partial charge on any atom is -0.378 e. The van der Waals surface area contributed by atoms with Crippen LogP contribution in [0.15, 0.2) is 30.3 Å². The molecule has 1 N–H and O–H groups in total. The molecule has 2 atom stereocenters. The number of benzene rings is 1. The molecule has 1 aromatic rings. The Bertz CT molecular complexity index is 639. The lowest BCUT2D eigenvalue weighted by Crippen LogP contribution is -2.59. The van der Waals surface area contributed by atoms with E-state index in [9.17, 15) is 9.59 Å². The summed E-state index contributed by atoms with van der Waals surface area (Å²) in [5.74, 6) is 0.298. The largest absolute Gasteiger partial charge is 0.378 e. The first-order valence-corrected chi connectivity index (χ1v) is 9.44. The topological polar surface area (TPSA) is 65.1 Å². The second kappa shape index (κ2) is 7.73. The third-order valence-electron chi connectivity index (χ3n) is 5.53. The maximum atomic E-state index is 12.8. The maximum Gasteiger partial charge on any atom is 0.244 e. The highest BCUT2D eigenvalue weighted by Gasteiger charge is 2.38. The third kappa shape index (κ3) is 3.47. The number of hydrogen-bond donors (Lipinski definition) is 1. The van der Waals surface area contributed by atoms with Gasteiger partial charge in [0.1, 0.15) is 6.04 Å². The van der Waals surface area contributed by atoms with Crippen LogP contribution in [0.5, 0.6) is 0 Å². The summed E-state index contributed by atoms with van der Waals surface area (Å²) in [5, 5.41) is 3.22. The van der Waals surface area contributed by atoms with Crippen LogP contribution in [0.2, 0.25) is 0 Å². The van der Waals surface area contributed by atoms with Gasteiger partial charge in [-0.2, -0.15) is 0 Å². The number of nitrogens with zero attached hydrogens (tertiary/aromatic N) is 3. The number of rotatable bonds is 3. The number of piperazine rings is 1. The fourth-order valence-electron chi connectivity index (χ4n) is 4.07. The van der Waals surface area contributed by atoms with Gasteiger partial charge in [-0.1, -0.05) is 18.2 Å². The second-order valence-corrected chi connectivity index (χ2v) is 7.07. The third-order valence-corrected chi connectivity index (χ3v) is 5.53. The van der Waals surface area contributed by atoms with Gasteiger partial charge in [-0.15, -0.1) is 0 Å². The molecule has 140 valence electrons. The molecule has 26 heavy (non-hydrogen) atoms. The molecule has 0 aliphatic carbocycles. The first-order valence-electron chi connectivity index (χ1n) is 9.44. The van der Waals surface area contributed by atoms with Crippen molar-refractivity contribution in [2.24, 2.45) is 0 Å². The predicted molar refractivity (Wildman–Crippen MR) is 98.0 cm³/mol. The van der Waals surface area contributed by atoms with Crippen LogP contribution in [0, 0.1) is 0 Å². The molecule has 2 unspecified atom stereocenters. The summed E-state index contributed by atoms with van der Waals surface area (Å²) >= 11 is 0. The molecule has 3 aliphatic rings. The molecule has 3 fully saturated rings. The molecule has 3 heterocycles. The van der Waals surface area contributed by atoms with Crippen molar-refractivity contribution in [2.75, 3.05) is 57.4 Å². The van der Waals surface area contributed by atoms with Crippen molar-refractivity contribution in [2.45, 2.75) is 18.5 Å². The van der Waals surface area contributed by atoms with E-state index in [-0.39, 0.29) is 23.9 Å². The normalized spacial score (nSPS) is 27.8. The van der Waals surface area contributed by atoms with Crippen molar-refractivity contribution in [3.63, 3.8) is 0 Å². The molecule has 0 saturated carbocycles. The summed E-state index contributed by atoms with van der Waals surface area (Å²) in [6.07, 6.45) is 0.847. The van der Waals surface area contributed by atoms with E-state index in [2.05, 4.69) is 10.2 Å². The van der Waals surface area contributed by atoms with Crippen molar-refractivity contribution in [1.82, 2.24) is 15.1 Å². The van der Waals surface area contributed by atoms with E-state index in [0.29, 0.717) is 26.3 Å². The number of carbonyl (C=O) groups is 2. The average Bonchev–Trinajstić information content (AvgIpc) is 3.10. The fourth-order valence-corrected chi connectivity index (χ4v) is 4.07. The van der Waals surface area contributed by atoms with Gasteiger partial charge in [-0.25, -0.2) is 0 Å². The van der Waals surface area contributed by atoms with E-state index in [1.807, 2.05) is 40.1 Å². The monoisotopic (exact) mass is 358 g/mol. The number of amides is 2. The lowest BCUT2D eigenvalue weighted by molar-refractivity contribution is -0.138. The van der Waals surface area contributed by atoms with E-state index < -0.39 is 0 Å². The smallest absolute Gasteiger partial charge is 0.244 e. The van der Waals surface area contributed by atoms with Crippen molar-refractivity contribution in [1.29, 1.82) is 0 Å². The molecule has 2 amide bonds. The zero-order valence-electron chi connectivity index (χ0n) is 15.0. The average molecular weight is 358 g/mol. The zero-order chi connectivity index (χ0) is 17.9. The van der Waals surface area contributed by atoms with Gasteiger partial charge in [0.2, 0.25) is 11.8 Å². The van der Waals surface area contributed by atoms with Crippen LogP contribution in [0.25, 0.3) is 0 Å². The predicted octanol–water partition coefficient (Wildman–Crippen LogP) is -0.0755. The number of nitrogens with one attached hydrogen (secondary N) is 1. The van der Waals surface area contributed by atoms with Crippen LogP contribution in [-0.4, -0.2) is 86.2 Å². The molecule has 3 aliphatic heterocycles. The van der Waals surface area contributed by atoms with Crippen LogP contribution in [0.3, 0.4) is 0 Å². The summed E-state index contributed by atoms with van der Waals surface area (Å²) in [6, 6.07) is 9.56. The standard InChI is InChI=1S/C19H26N4O3/c24-18(16-14-26-13-7-20-16)22-11-9-21(10-12-22)17-6-8-23(19(17)25)15-4-2-1-3-5-15/h1-5,16-17,20H,6-14H2. The van der Waals surface area contributed by atoms with E-state index in [1.54, 1.807) is 0 Å². The summed E-state index contributed by atoms with van der Waals surface area (Å²) in [6.45, 7) is 5.44. The Labute approximate surface area is 153 Å². The maximum absolute atomic E-state index is 12.8. The lowest BCUT2D eigenvalue weighted by atomic mass is 10.1. The molecule has 0 spiro atoms. The minimum atomic E-state index is -0.225. The van der Waals surface area contributed by atoms with Crippen molar-refractivity contribution >= 4 is 17.5 Å². The highest BCUT2D eigenvalue weighted by Crippen LogP contribution is 2.25. The van der Waals surface area contributed by atoms with Gasteiger partial charge in [0.05, 0.1) is 19.3 Å². The number of hydrogen-bond acceptors (Lipinski definition) is 5. The number of ether oxygens (including phenoxy) is 1. The molecule has 3 saturated heterocycles. The van der Waals surface area contributed by atoms with Crippen LogP contribution in [0.4, 0.5) is 5.69 Å². The highest BCUT2D eigenvalue weighted by molar-refractivity contribution is 5.99. The summed E-state index contributed by atoms with van der Waals surface area (Å²) < 4.78 is 5.39. The molecule has 0 aromatic heterocycles. The Kier molecular flexibility index (Phi) is 5.19. The minimum absolute atomic E-state index is 0.0661. The molecular weight excluding hydrogens is 332 g/mol. The first kappa shape index (κ1) is 17.5. The van der Waals surface area contributed by atoms with Gasteiger partial charge in [0.25, 0.3) is 0 Å². The highest BCUT2D eigenvalue weighted by atomic mass is 16.5. The molecular formula is C19H26N4O3.